The maximum atomic E-state index is 15.1. The number of aryl methyl sites for hydroxylation is 2. The van der Waals surface area contributed by atoms with Gasteiger partial charge in [0.05, 0.1) is 17.3 Å². The summed E-state index contributed by atoms with van der Waals surface area (Å²) < 4.78 is 22.0. The van der Waals surface area contributed by atoms with E-state index in [1.807, 2.05) is 47.0 Å². The summed E-state index contributed by atoms with van der Waals surface area (Å²) in [6, 6.07) is 4.99. The van der Waals surface area contributed by atoms with E-state index < -0.39 is 11.7 Å². The molecular formula is C25H25FN8O2. The largest absolute Gasteiger partial charge is 0.345 e. The van der Waals surface area contributed by atoms with Crippen molar-refractivity contribution in [2.75, 3.05) is 0 Å². The quantitative estimate of drug-likeness (QED) is 0.381. The van der Waals surface area contributed by atoms with E-state index in [-0.39, 0.29) is 17.8 Å². The predicted molar refractivity (Wildman–Crippen MR) is 130 cm³/mol. The molecule has 4 heterocycles. The molecule has 1 aromatic carbocycles. The number of hydrogen-bond acceptors (Lipinski definition) is 7. The van der Waals surface area contributed by atoms with Gasteiger partial charge in [0.2, 0.25) is 5.89 Å². The molecule has 0 spiro atoms. The van der Waals surface area contributed by atoms with Crippen LogP contribution in [0.25, 0.3) is 33.7 Å². The number of H-pyrrole nitrogens is 1. The Balaban J connectivity index is 1.40. The molecule has 0 atom stereocenters. The summed E-state index contributed by atoms with van der Waals surface area (Å²) in [5, 5.41) is 10.6. The molecule has 0 fully saturated rings. The van der Waals surface area contributed by atoms with E-state index in [4.69, 9.17) is 4.52 Å². The highest BCUT2D eigenvalue weighted by atomic mass is 19.1. The highest BCUT2D eigenvalue weighted by Crippen LogP contribution is 2.32. The Kier molecular flexibility index (Phi) is 5.62. The van der Waals surface area contributed by atoms with Gasteiger partial charge in [0.15, 0.2) is 5.65 Å². The summed E-state index contributed by atoms with van der Waals surface area (Å²) in [6.45, 7) is 7.58. The van der Waals surface area contributed by atoms with Gasteiger partial charge in [0.1, 0.15) is 11.6 Å². The number of hydrogen-bond donors (Lipinski definition) is 2. The molecule has 0 unspecified atom stereocenters. The monoisotopic (exact) mass is 488 g/mol. The molecule has 1 amide bonds. The van der Waals surface area contributed by atoms with Crippen molar-refractivity contribution in [1.82, 2.24) is 40.2 Å². The first-order valence-corrected chi connectivity index (χ1v) is 11.4. The molecule has 4 aromatic heterocycles. The molecule has 0 bridgehead atoms. The van der Waals surface area contributed by atoms with Crippen molar-refractivity contribution in [3.8, 4) is 22.5 Å². The minimum atomic E-state index is -0.536. The van der Waals surface area contributed by atoms with Gasteiger partial charge in [-0.2, -0.15) is 10.1 Å². The van der Waals surface area contributed by atoms with Crippen molar-refractivity contribution in [2.24, 2.45) is 7.05 Å². The van der Waals surface area contributed by atoms with Gasteiger partial charge < -0.3 is 14.8 Å². The first-order valence-electron chi connectivity index (χ1n) is 11.4. The van der Waals surface area contributed by atoms with Crippen LogP contribution >= 0.6 is 0 Å². The Labute approximate surface area is 206 Å². The molecule has 0 aliphatic heterocycles. The number of benzene rings is 1. The molecule has 10 nitrogen and oxygen atoms in total. The Morgan fingerprint density at radius 1 is 1.22 bits per heavy atom. The van der Waals surface area contributed by atoms with E-state index in [1.54, 1.807) is 23.1 Å². The number of fused-ring (bicyclic) bond motifs is 1. The fraction of sp³-hybridized carbons (Fsp3) is 0.280. The third-order valence-electron chi connectivity index (χ3n) is 5.76. The van der Waals surface area contributed by atoms with E-state index in [9.17, 15) is 4.79 Å². The fourth-order valence-electron chi connectivity index (χ4n) is 3.86. The Morgan fingerprint density at radius 2 is 2.03 bits per heavy atom. The van der Waals surface area contributed by atoms with Crippen LogP contribution in [-0.2, 0) is 19.0 Å². The molecule has 0 radical (unpaired) electrons. The van der Waals surface area contributed by atoms with E-state index in [0.717, 1.165) is 16.7 Å². The molecule has 5 rings (SSSR count). The highest BCUT2D eigenvalue weighted by molar-refractivity contribution is 5.92. The van der Waals surface area contributed by atoms with Crippen LogP contribution in [0.2, 0.25) is 0 Å². The summed E-state index contributed by atoms with van der Waals surface area (Å²) in [7, 11) is 1.83. The molecule has 184 valence electrons. The minimum Gasteiger partial charge on any atom is -0.345 e. The first kappa shape index (κ1) is 23.3. The standard InChI is InChI=1S/C25H25FN8O2/c1-13-8-14(10-28-23(35)22-32-24(36-33-22)25(2,3)4)18(26)9-17(13)16-6-7-27-21-19(16)30-20(31-21)15-11-29-34(5)12-15/h6-9,11-12H,10H2,1-5H3,(H,28,35)(H,27,30,31). The fourth-order valence-corrected chi connectivity index (χ4v) is 3.86. The van der Waals surface area contributed by atoms with Gasteiger partial charge in [0.25, 0.3) is 11.7 Å². The van der Waals surface area contributed by atoms with Crippen LogP contribution in [0.3, 0.4) is 0 Å². The lowest BCUT2D eigenvalue weighted by Crippen LogP contribution is -2.25. The van der Waals surface area contributed by atoms with Gasteiger partial charge in [0, 0.05) is 42.5 Å². The minimum absolute atomic E-state index is 0.0217. The summed E-state index contributed by atoms with van der Waals surface area (Å²) >= 11 is 0. The summed E-state index contributed by atoms with van der Waals surface area (Å²) in [5.74, 6) is -0.0840. The molecule has 0 saturated carbocycles. The van der Waals surface area contributed by atoms with Crippen molar-refractivity contribution in [1.29, 1.82) is 0 Å². The van der Waals surface area contributed by atoms with E-state index >= 15 is 4.39 Å². The average Bonchev–Trinajstić information content (AvgIpc) is 3.57. The van der Waals surface area contributed by atoms with Gasteiger partial charge in [-0.05, 0) is 30.2 Å². The number of aromatic nitrogens is 7. The summed E-state index contributed by atoms with van der Waals surface area (Å²) in [4.78, 5) is 28.8. The number of aromatic amines is 1. The number of nitrogens with zero attached hydrogens (tertiary/aromatic N) is 6. The zero-order chi connectivity index (χ0) is 25.6. The molecule has 0 aliphatic carbocycles. The zero-order valence-corrected chi connectivity index (χ0v) is 20.5. The lowest BCUT2D eigenvalue weighted by atomic mass is 9.97. The Hall–Kier alpha value is -4.41. The van der Waals surface area contributed by atoms with Gasteiger partial charge in [-0.3, -0.25) is 9.48 Å². The van der Waals surface area contributed by atoms with Gasteiger partial charge >= 0.3 is 0 Å². The number of rotatable bonds is 5. The lowest BCUT2D eigenvalue weighted by molar-refractivity contribution is 0.0937. The zero-order valence-electron chi connectivity index (χ0n) is 20.5. The third kappa shape index (κ3) is 4.35. The average molecular weight is 489 g/mol. The van der Waals surface area contributed by atoms with E-state index in [1.165, 1.54) is 6.07 Å². The number of pyridine rings is 1. The smallest absolute Gasteiger partial charge is 0.292 e. The van der Waals surface area contributed by atoms with Crippen LogP contribution in [0.1, 0.15) is 48.4 Å². The first-order chi connectivity index (χ1) is 17.1. The number of imidazole rings is 1. The topological polar surface area (TPSA) is 127 Å². The molecular weight excluding hydrogens is 463 g/mol. The normalized spacial score (nSPS) is 11.8. The molecule has 11 heteroatoms. The van der Waals surface area contributed by atoms with Crippen LogP contribution in [0, 0.1) is 12.7 Å². The second-order valence-corrected chi connectivity index (χ2v) is 9.66. The van der Waals surface area contributed by atoms with Crippen molar-refractivity contribution in [3.63, 3.8) is 0 Å². The molecule has 5 aromatic rings. The van der Waals surface area contributed by atoms with Gasteiger partial charge in [-0.1, -0.05) is 32.0 Å². The number of halogens is 1. The van der Waals surface area contributed by atoms with E-state index in [2.05, 4.69) is 35.5 Å². The van der Waals surface area contributed by atoms with Crippen LogP contribution in [0.15, 0.2) is 41.3 Å². The van der Waals surface area contributed by atoms with E-state index in [0.29, 0.717) is 34.0 Å². The van der Waals surface area contributed by atoms with Crippen molar-refractivity contribution in [2.45, 2.75) is 39.7 Å². The Bertz CT molecular complexity index is 1590. The number of carbonyl (C=O) groups excluding carboxylic acids is 1. The summed E-state index contributed by atoms with van der Waals surface area (Å²) in [6.07, 6.45) is 5.21. The van der Waals surface area contributed by atoms with Crippen molar-refractivity contribution in [3.05, 3.63) is 65.4 Å². The van der Waals surface area contributed by atoms with Gasteiger partial charge in [-0.25, -0.2) is 14.4 Å². The van der Waals surface area contributed by atoms with Crippen LogP contribution in [0.4, 0.5) is 4.39 Å². The number of amides is 1. The highest BCUT2D eigenvalue weighted by Gasteiger charge is 2.24. The maximum absolute atomic E-state index is 15.1. The number of carbonyl (C=O) groups is 1. The van der Waals surface area contributed by atoms with Crippen LogP contribution in [0.5, 0.6) is 0 Å². The molecule has 0 aliphatic rings. The van der Waals surface area contributed by atoms with Crippen molar-refractivity contribution < 1.29 is 13.7 Å². The number of nitrogens with one attached hydrogen (secondary N) is 2. The second-order valence-electron chi connectivity index (χ2n) is 9.66. The lowest BCUT2D eigenvalue weighted by Gasteiger charge is -2.12. The predicted octanol–water partition coefficient (Wildman–Crippen LogP) is 4.08. The van der Waals surface area contributed by atoms with Crippen LogP contribution < -0.4 is 5.32 Å². The van der Waals surface area contributed by atoms with Gasteiger partial charge in [-0.15, -0.1) is 0 Å². The third-order valence-corrected chi connectivity index (χ3v) is 5.76. The SMILES string of the molecule is Cc1cc(CNC(=O)c2noc(C(C)(C)C)n2)c(F)cc1-c1ccnc2nc(-c3cnn(C)c3)[nH]c12. The van der Waals surface area contributed by atoms with Crippen LogP contribution in [-0.4, -0.2) is 40.8 Å². The maximum Gasteiger partial charge on any atom is 0.292 e. The molecule has 2 N–H and O–H groups in total. The second kappa shape index (κ2) is 8.67. The van der Waals surface area contributed by atoms with Crippen molar-refractivity contribution >= 4 is 17.1 Å². The molecule has 36 heavy (non-hydrogen) atoms. The summed E-state index contributed by atoms with van der Waals surface area (Å²) in [5.41, 5.74) is 4.32. The Morgan fingerprint density at radius 3 is 2.72 bits per heavy atom. The molecule has 0 saturated heterocycles.